The van der Waals surface area contributed by atoms with Crippen LogP contribution >= 0.6 is 0 Å². The Morgan fingerprint density at radius 3 is 2.47 bits per heavy atom. The maximum Gasteiger partial charge on any atom is 0.322 e. The summed E-state index contributed by atoms with van der Waals surface area (Å²) < 4.78 is 2.05. The van der Waals surface area contributed by atoms with E-state index in [1.54, 1.807) is 0 Å². The van der Waals surface area contributed by atoms with Gasteiger partial charge in [0.25, 0.3) is 0 Å². The van der Waals surface area contributed by atoms with Crippen molar-refractivity contribution in [3.8, 4) is 0 Å². The lowest BCUT2D eigenvalue weighted by molar-refractivity contribution is -0.697. The van der Waals surface area contributed by atoms with E-state index in [2.05, 4.69) is 9.88 Å². The molecule has 1 amide bonds. The molecule has 1 rings (SSSR count). The number of nitrogens with zero attached hydrogens (tertiary/aromatic N) is 1. The fraction of sp³-hybridized carbons (Fsp3) is 0.417. The predicted octanol–water partition coefficient (Wildman–Crippen LogP) is 0.345. The zero-order valence-corrected chi connectivity index (χ0v) is 9.63. The smallest absolute Gasteiger partial charge is 0.322 e. The van der Waals surface area contributed by atoms with Crippen LogP contribution in [0.5, 0.6) is 0 Å². The highest BCUT2D eigenvalue weighted by molar-refractivity contribution is 5.80. The fourth-order valence-corrected chi connectivity index (χ4v) is 1.43. The molecule has 0 bridgehead atoms. The summed E-state index contributed by atoms with van der Waals surface area (Å²) in [5, 5.41) is 10.7. The van der Waals surface area contributed by atoms with Crippen molar-refractivity contribution < 1.29 is 19.3 Å². The van der Waals surface area contributed by atoms with Crippen LogP contribution < -0.4 is 9.88 Å². The van der Waals surface area contributed by atoms with E-state index >= 15 is 0 Å². The van der Waals surface area contributed by atoms with Crippen LogP contribution in [-0.4, -0.2) is 23.5 Å². The van der Waals surface area contributed by atoms with Gasteiger partial charge in [0, 0.05) is 25.0 Å². The molecule has 0 saturated heterocycles. The number of carbonyl (C=O) groups is 2. The van der Waals surface area contributed by atoms with Gasteiger partial charge in [-0.15, -0.1) is 0 Å². The molecular weight excluding hydrogens is 220 g/mol. The summed E-state index contributed by atoms with van der Waals surface area (Å²) >= 11 is 0. The molecule has 0 aromatic carbocycles. The van der Waals surface area contributed by atoms with Crippen LogP contribution in [0.4, 0.5) is 0 Å². The molecule has 1 aromatic rings. The van der Waals surface area contributed by atoms with E-state index in [1.807, 2.05) is 30.6 Å². The van der Waals surface area contributed by atoms with Crippen LogP contribution in [0.25, 0.3) is 0 Å². The van der Waals surface area contributed by atoms with Gasteiger partial charge in [-0.05, 0) is 6.42 Å². The fourth-order valence-electron chi connectivity index (χ4n) is 1.43. The standard InChI is InChI=1S/C12H16N2O3/c15-11(13-10-12(16)17)6-2-5-9-14-7-3-1-4-8-14/h1,3-4,7-8H,2,5-6,9-10H2,(H-,13,15,16,17)/p+1. The third-order valence-electron chi connectivity index (χ3n) is 2.28. The Morgan fingerprint density at radius 2 is 1.82 bits per heavy atom. The molecule has 0 spiro atoms. The van der Waals surface area contributed by atoms with E-state index in [-0.39, 0.29) is 12.5 Å². The van der Waals surface area contributed by atoms with E-state index in [4.69, 9.17) is 5.11 Å². The van der Waals surface area contributed by atoms with Crippen LogP contribution in [0.1, 0.15) is 19.3 Å². The molecule has 0 aliphatic carbocycles. The van der Waals surface area contributed by atoms with Gasteiger partial charge in [-0.3, -0.25) is 9.59 Å². The zero-order chi connectivity index (χ0) is 12.5. The van der Waals surface area contributed by atoms with Crippen molar-refractivity contribution in [1.82, 2.24) is 5.32 Å². The minimum atomic E-state index is -1.02. The number of aromatic nitrogens is 1. The molecule has 0 atom stereocenters. The van der Waals surface area contributed by atoms with E-state index in [9.17, 15) is 9.59 Å². The number of hydrogen-bond acceptors (Lipinski definition) is 2. The Morgan fingerprint density at radius 1 is 1.12 bits per heavy atom. The topological polar surface area (TPSA) is 70.3 Å². The SMILES string of the molecule is O=C(O)CNC(=O)CCCC[n+]1ccccc1. The van der Waals surface area contributed by atoms with Gasteiger partial charge in [0.05, 0.1) is 0 Å². The van der Waals surface area contributed by atoms with Gasteiger partial charge in [-0.25, -0.2) is 4.57 Å². The molecule has 5 heteroatoms. The minimum absolute atomic E-state index is 0.203. The van der Waals surface area contributed by atoms with Gasteiger partial charge in [0.15, 0.2) is 12.4 Å². The molecule has 0 aliphatic rings. The first-order valence-electron chi connectivity index (χ1n) is 5.61. The second-order valence-corrected chi connectivity index (χ2v) is 3.74. The molecular formula is C12H17N2O3+. The molecule has 17 heavy (non-hydrogen) atoms. The predicted molar refractivity (Wildman–Crippen MR) is 61.1 cm³/mol. The molecule has 1 aromatic heterocycles. The summed E-state index contributed by atoms with van der Waals surface area (Å²) in [6.07, 6.45) is 5.98. The summed E-state index contributed by atoms with van der Waals surface area (Å²) in [4.78, 5) is 21.4. The Hall–Kier alpha value is -1.91. The summed E-state index contributed by atoms with van der Waals surface area (Å²) in [5.74, 6) is -1.22. The lowest BCUT2D eigenvalue weighted by Gasteiger charge is -2.01. The van der Waals surface area contributed by atoms with Gasteiger partial charge in [-0.1, -0.05) is 6.07 Å². The third kappa shape index (κ3) is 6.29. The molecule has 0 fully saturated rings. The van der Waals surface area contributed by atoms with Crippen molar-refractivity contribution in [2.24, 2.45) is 0 Å². The first-order valence-corrected chi connectivity index (χ1v) is 5.61. The molecule has 0 saturated carbocycles. The van der Waals surface area contributed by atoms with Crippen molar-refractivity contribution in [3.05, 3.63) is 30.6 Å². The Bertz CT molecular complexity index is 365. The highest BCUT2D eigenvalue weighted by atomic mass is 16.4. The number of carboxylic acids is 1. The first kappa shape index (κ1) is 13.2. The van der Waals surface area contributed by atoms with E-state index in [0.29, 0.717) is 6.42 Å². The molecule has 92 valence electrons. The number of aryl methyl sites for hydroxylation is 1. The lowest BCUT2D eigenvalue weighted by atomic mass is 10.2. The average molecular weight is 237 g/mol. The number of pyridine rings is 1. The van der Waals surface area contributed by atoms with Gasteiger partial charge in [0.2, 0.25) is 5.91 Å². The Balaban J connectivity index is 2.08. The number of amides is 1. The van der Waals surface area contributed by atoms with Crippen molar-refractivity contribution in [1.29, 1.82) is 0 Å². The second-order valence-electron chi connectivity index (χ2n) is 3.74. The number of aliphatic carboxylic acids is 1. The lowest BCUT2D eigenvalue weighted by Crippen LogP contribution is -2.32. The van der Waals surface area contributed by atoms with Gasteiger partial charge < -0.3 is 10.4 Å². The average Bonchev–Trinajstić information content (AvgIpc) is 2.33. The number of rotatable bonds is 7. The maximum absolute atomic E-state index is 11.2. The molecule has 2 N–H and O–H groups in total. The largest absolute Gasteiger partial charge is 0.480 e. The van der Waals surface area contributed by atoms with Crippen LogP contribution in [-0.2, 0) is 16.1 Å². The van der Waals surface area contributed by atoms with E-state index in [0.717, 1.165) is 19.4 Å². The van der Waals surface area contributed by atoms with Gasteiger partial charge >= 0.3 is 5.97 Å². The van der Waals surface area contributed by atoms with Crippen molar-refractivity contribution >= 4 is 11.9 Å². The maximum atomic E-state index is 11.2. The summed E-state index contributed by atoms with van der Waals surface area (Å²) in [6.45, 7) is 0.569. The minimum Gasteiger partial charge on any atom is -0.480 e. The van der Waals surface area contributed by atoms with Crippen molar-refractivity contribution in [2.45, 2.75) is 25.8 Å². The quantitative estimate of drug-likeness (QED) is 0.531. The molecule has 0 unspecified atom stereocenters. The summed E-state index contributed by atoms with van der Waals surface area (Å²) in [5.41, 5.74) is 0. The molecule has 5 nitrogen and oxygen atoms in total. The van der Waals surface area contributed by atoms with Crippen LogP contribution in [0, 0.1) is 0 Å². The highest BCUT2D eigenvalue weighted by Gasteiger charge is 2.04. The second kappa shape index (κ2) is 7.38. The van der Waals surface area contributed by atoms with Gasteiger partial charge in [0.1, 0.15) is 13.1 Å². The third-order valence-corrected chi connectivity index (χ3v) is 2.28. The van der Waals surface area contributed by atoms with E-state index in [1.165, 1.54) is 0 Å². The van der Waals surface area contributed by atoms with Crippen LogP contribution in [0.2, 0.25) is 0 Å². The normalized spacial score (nSPS) is 9.88. The van der Waals surface area contributed by atoms with E-state index < -0.39 is 5.97 Å². The monoisotopic (exact) mass is 237 g/mol. The van der Waals surface area contributed by atoms with Crippen molar-refractivity contribution in [3.63, 3.8) is 0 Å². The van der Waals surface area contributed by atoms with Crippen LogP contribution in [0.3, 0.4) is 0 Å². The van der Waals surface area contributed by atoms with Crippen molar-refractivity contribution in [2.75, 3.05) is 6.54 Å². The number of carbonyl (C=O) groups excluding carboxylic acids is 1. The zero-order valence-electron chi connectivity index (χ0n) is 9.63. The van der Waals surface area contributed by atoms with Crippen LogP contribution in [0.15, 0.2) is 30.6 Å². The number of carboxylic acid groups (broad SMARTS) is 1. The first-order chi connectivity index (χ1) is 8.18. The summed E-state index contributed by atoms with van der Waals surface area (Å²) in [6, 6.07) is 5.87. The highest BCUT2D eigenvalue weighted by Crippen LogP contribution is 1.95. The summed E-state index contributed by atoms with van der Waals surface area (Å²) in [7, 11) is 0. The molecule has 0 radical (unpaired) electrons. The van der Waals surface area contributed by atoms with Gasteiger partial charge in [-0.2, -0.15) is 0 Å². The number of hydrogen-bond donors (Lipinski definition) is 2. The molecule has 0 aliphatic heterocycles. The molecule has 1 heterocycles. The number of nitrogens with one attached hydrogen (secondary N) is 1. The number of unbranched alkanes of at least 4 members (excludes halogenated alkanes) is 1. The Kier molecular flexibility index (Phi) is 5.71. The Labute approximate surface area is 100 Å².